The number of nitrogens with zero attached hydrogens (tertiary/aromatic N) is 5. The SMILES string of the molecule is c1ccc(-n2c3ccccc3c3cc(-c4cc5c(cn4)sc4nnc(-c6ccc7c(c6)c6ccccc6n7-c6ccccc6)cc45)ccc32)cc1. The topological polar surface area (TPSA) is 48.5 Å². The quantitative estimate of drug-likeness (QED) is 0.187. The first kappa shape index (κ1) is 28.2. The van der Waals surface area contributed by atoms with Gasteiger partial charge in [0.05, 0.1) is 38.2 Å². The van der Waals surface area contributed by atoms with Gasteiger partial charge in [-0.15, -0.1) is 21.5 Å². The number of para-hydroxylation sites is 4. The number of benzene rings is 6. The van der Waals surface area contributed by atoms with E-state index in [1.54, 1.807) is 11.3 Å². The minimum atomic E-state index is 0.856. The third-order valence-electron chi connectivity index (χ3n) is 10.1. The van der Waals surface area contributed by atoms with Crippen molar-refractivity contribution in [1.29, 1.82) is 0 Å². The fourth-order valence-corrected chi connectivity index (χ4v) is 8.71. The van der Waals surface area contributed by atoms with Crippen molar-refractivity contribution in [2.75, 3.05) is 0 Å². The standard InChI is InChI=1S/C45H27N5S/c1-3-11-30(12-4-1)49-40-17-9-7-15-32(40)34-23-28(19-21-42(34)49)38-25-36-37-26-39(47-48-45(37)51-44(36)27-46-38)29-20-22-43-35(24-29)33-16-8-10-18-41(33)50(43)31-13-5-2-6-14-31/h1-27H. The Hall–Kier alpha value is -6.63. The van der Waals surface area contributed by atoms with E-state index >= 15 is 0 Å². The first-order valence-corrected chi connectivity index (χ1v) is 17.8. The highest BCUT2D eigenvalue weighted by molar-refractivity contribution is 7.25. The molecule has 0 radical (unpaired) electrons. The lowest BCUT2D eigenvalue weighted by Crippen LogP contribution is -1.93. The van der Waals surface area contributed by atoms with Crippen molar-refractivity contribution in [3.63, 3.8) is 0 Å². The van der Waals surface area contributed by atoms with Crippen LogP contribution in [0.25, 0.3) is 97.8 Å². The van der Waals surface area contributed by atoms with Crippen LogP contribution < -0.4 is 0 Å². The molecule has 6 heteroatoms. The van der Waals surface area contributed by atoms with Crippen LogP contribution in [0.2, 0.25) is 0 Å². The fraction of sp³-hybridized carbons (Fsp3) is 0. The molecular weight excluding hydrogens is 643 g/mol. The van der Waals surface area contributed by atoms with Gasteiger partial charge in [0, 0.05) is 61.0 Å². The number of thiophene rings is 1. The maximum atomic E-state index is 4.95. The van der Waals surface area contributed by atoms with Gasteiger partial charge in [-0.05, 0) is 72.8 Å². The highest BCUT2D eigenvalue weighted by Crippen LogP contribution is 2.39. The molecule has 0 fully saturated rings. The first-order valence-electron chi connectivity index (χ1n) is 17.0. The van der Waals surface area contributed by atoms with Crippen LogP contribution in [0, 0.1) is 0 Å². The Morgan fingerprint density at radius 2 is 0.902 bits per heavy atom. The number of hydrogen-bond donors (Lipinski definition) is 0. The average Bonchev–Trinajstić information content (AvgIpc) is 3.85. The molecule has 51 heavy (non-hydrogen) atoms. The Balaban J connectivity index is 1.04. The van der Waals surface area contributed by atoms with E-state index in [1.807, 2.05) is 6.20 Å². The van der Waals surface area contributed by atoms with Crippen LogP contribution in [0.1, 0.15) is 0 Å². The highest BCUT2D eigenvalue weighted by Gasteiger charge is 2.17. The van der Waals surface area contributed by atoms with Gasteiger partial charge in [-0.2, -0.15) is 0 Å². The van der Waals surface area contributed by atoms with Gasteiger partial charge < -0.3 is 9.13 Å². The fourth-order valence-electron chi connectivity index (χ4n) is 7.76. The number of rotatable bonds is 4. The summed E-state index contributed by atoms with van der Waals surface area (Å²) >= 11 is 1.64. The van der Waals surface area contributed by atoms with E-state index in [-0.39, 0.29) is 0 Å². The summed E-state index contributed by atoms with van der Waals surface area (Å²) in [4.78, 5) is 5.86. The van der Waals surface area contributed by atoms with Crippen molar-refractivity contribution in [1.82, 2.24) is 24.3 Å². The minimum Gasteiger partial charge on any atom is -0.309 e. The molecule has 5 nitrogen and oxygen atoms in total. The highest BCUT2D eigenvalue weighted by atomic mass is 32.1. The summed E-state index contributed by atoms with van der Waals surface area (Å²) in [6.07, 6.45) is 1.98. The molecule has 0 aliphatic heterocycles. The van der Waals surface area contributed by atoms with Crippen LogP contribution in [-0.2, 0) is 0 Å². The molecule has 0 unspecified atom stereocenters. The van der Waals surface area contributed by atoms with Gasteiger partial charge >= 0.3 is 0 Å². The molecule has 11 aromatic rings. The molecule has 0 aliphatic rings. The van der Waals surface area contributed by atoms with E-state index in [0.717, 1.165) is 54.2 Å². The molecular formula is C45H27N5S. The predicted molar refractivity (Wildman–Crippen MR) is 212 cm³/mol. The van der Waals surface area contributed by atoms with Crippen molar-refractivity contribution < 1.29 is 0 Å². The summed E-state index contributed by atoms with van der Waals surface area (Å²) < 4.78 is 5.78. The predicted octanol–water partition coefficient (Wildman–Crippen LogP) is 11.8. The van der Waals surface area contributed by atoms with Gasteiger partial charge in [-0.25, -0.2) is 0 Å². The molecule has 0 saturated carbocycles. The van der Waals surface area contributed by atoms with Crippen LogP contribution in [0.4, 0.5) is 0 Å². The maximum Gasteiger partial charge on any atom is 0.147 e. The lowest BCUT2D eigenvalue weighted by molar-refractivity contribution is 1.09. The molecule has 0 aliphatic carbocycles. The largest absolute Gasteiger partial charge is 0.309 e. The molecule has 0 amide bonds. The van der Waals surface area contributed by atoms with Crippen molar-refractivity contribution in [3.8, 4) is 33.9 Å². The van der Waals surface area contributed by atoms with Crippen molar-refractivity contribution >= 4 is 75.3 Å². The zero-order chi connectivity index (χ0) is 33.5. The molecule has 5 heterocycles. The molecule has 0 bridgehead atoms. The molecule has 0 spiro atoms. The van der Waals surface area contributed by atoms with Gasteiger partial charge in [-0.1, -0.05) is 84.9 Å². The Bertz CT molecular complexity index is 2920. The van der Waals surface area contributed by atoms with E-state index in [4.69, 9.17) is 15.2 Å². The Morgan fingerprint density at radius 3 is 1.51 bits per heavy atom. The zero-order valence-corrected chi connectivity index (χ0v) is 28.0. The smallest absolute Gasteiger partial charge is 0.147 e. The molecule has 6 aromatic carbocycles. The third-order valence-corrected chi connectivity index (χ3v) is 11.1. The monoisotopic (exact) mass is 669 g/mol. The average molecular weight is 670 g/mol. The van der Waals surface area contributed by atoms with E-state index in [2.05, 4.69) is 167 Å². The van der Waals surface area contributed by atoms with Gasteiger partial charge in [0.1, 0.15) is 4.83 Å². The second-order valence-corrected chi connectivity index (χ2v) is 14.0. The van der Waals surface area contributed by atoms with E-state index < -0.39 is 0 Å². The lowest BCUT2D eigenvalue weighted by atomic mass is 10.0. The van der Waals surface area contributed by atoms with Crippen molar-refractivity contribution in [2.24, 2.45) is 0 Å². The Labute approximate surface area is 296 Å². The van der Waals surface area contributed by atoms with Gasteiger partial charge in [0.2, 0.25) is 0 Å². The number of fused-ring (bicyclic) bond motifs is 9. The van der Waals surface area contributed by atoms with Crippen molar-refractivity contribution in [2.45, 2.75) is 0 Å². The number of aromatic nitrogens is 5. The van der Waals surface area contributed by atoms with Crippen LogP contribution in [0.5, 0.6) is 0 Å². The molecule has 238 valence electrons. The summed E-state index contributed by atoms with van der Waals surface area (Å²) in [5, 5.41) is 16.5. The summed E-state index contributed by atoms with van der Waals surface area (Å²) in [6, 6.07) is 56.1. The first-order chi connectivity index (χ1) is 25.3. The Kier molecular flexibility index (Phi) is 6.05. The van der Waals surface area contributed by atoms with Crippen molar-refractivity contribution in [3.05, 3.63) is 164 Å². The van der Waals surface area contributed by atoms with Crippen LogP contribution in [0.3, 0.4) is 0 Å². The zero-order valence-electron chi connectivity index (χ0n) is 27.2. The van der Waals surface area contributed by atoms with Crippen LogP contribution in [0.15, 0.2) is 164 Å². The normalized spacial score (nSPS) is 11.9. The summed E-state index contributed by atoms with van der Waals surface area (Å²) in [5.41, 5.74) is 10.9. The number of hydrogen-bond acceptors (Lipinski definition) is 4. The molecule has 0 atom stereocenters. The molecule has 0 saturated heterocycles. The van der Waals surface area contributed by atoms with Gasteiger partial charge in [-0.3, -0.25) is 4.98 Å². The molecule has 0 N–H and O–H groups in total. The summed E-state index contributed by atoms with van der Waals surface area (Å²) in [6.45, 7) is 0. The second kappa shape index (κ2) is 10.9. The van der Waals surface area contributed by atoms with Crippen LogP contribution in [-0.4, -0.2) is 24.3 Å². The lowest BCUT2D eigenvalue weighted by Gasteiger charge is -2.08. The van der Waals surface area contributed by atoms with E-state index in [1.165, 1.54) is 43.6 Å². The van der Waals surface area contributed by atoms with E-state index in [0.29, 0.717) is 0 Å². The maximum absolute atomic E-state index is 4.95. The van der Waals surface area contributed by atoms with Gasteiger partial charge in [0.25, 0.3) is 0 Å². The molecule has 5 aromatic heterocycles. The second-order valence-electron chi connectivity index (χ2n) is 13.0. The molecule has 11 rings (SSSR count). The minimum absolute atomic E-state index is 0.856. The Morgan fingerprint density at radius 1 is 0.392 bits per heavy atom. The third kappa shape index (κ3) is 4.30. The van der Waals surface area contributed by atoms with Gasteiger partial charge in [0.15, 0.2) is 0 Å². The van der Waals surface area contributed by atoms with E-state index in [9.17, 15) is 0 Å². The summed E-state index contributed by atoms with van der Waals surface area (Å²) in [7, 11) is 0. The number of pyridine rings is 1. The van der Waals surface area contributed by atoms with Crippen LogP contribution >= 0.6 is 11.3 Å². The summed E-state index contributed by atoms with van der Waals surface area (Å²) in [5.74, 6) is 0.